The summed E-state index contributed by atoms with van der Waals surface area (Å²) in [6.45, 7) is 6.22. The molecule has 3 aromatic rings. The molecular formula is C22H26N2O4S. The van der Waals surface area contributed by atoms with Crippen LogP contribution < -0.4 is 10.1 Å². The normalized spacial score (nSPS) is 12.2. The summed E-state index contributed by atoms with van der Waals surface area (Å²) in [5, 5.41) is 4.84. The number of thiophene rings is 1. The molecule has 0 spiro atoms. The largest absolute Gasteiger partial charge is 0.497 e. The topological polar surface area (TPSA) is 69.6 Å². The summed E-state index contributed by atoms with van der Waals surface area (Å²) in [5.41, 5.74) is 2.42. The SMILES string of the molecule is CCC(OC(=O)c1cc2sccc2n1C(C)C)C(=O)NCc1ccc(OC)cc1. The Morgan fingerprint density at radius 1 is 1.17 bits per heavy atom. The van der Waals surface area contributed by atoms with E-state index in [2.05, 4.69) is 5.32 Å². The fourth-order valence-electron chi connectivity index (χ4n) is 3.22. The zero-order chi connectivity index (χ0) is 21.0. The van der Waals surface area contributed by atoms with E-state index in [1.807, 2.05) is 67.1 Å². The Morgan fingerprint density at radius 3 is 2.52 bits per heavy atom. The number of nitrogens with zero attached hydrogens (tertiary/aromatic N) is 1. The van der Waals surface area contributed by atoms with Gasteiger partial charge >= 0.3 is 5.97 Å². The third kappa shape index (κ3) is 4.62. The number of benzene rings is 1. The molecule has 3 rings (SSSR count). The van der Waals surface area contributed by atoms with E-state index >= 15 is 0 Å². The van der Waals surface area contributed by atoms with Crippen LogP contribution in [0.4, 0.5) is 0 Å². The maximum absolute atomic E-state index is 12.8. The summed E-state index contributed by atoms with van der Waals surface area (Å²) in [6.07, 6.45) is -0.439. The summed E-state index contributed by atoms with van der Waals surface area (Å²) in [6, 6.07) is 11.4. The van der Waals surface area contributed by atoms with Gasteiger partial charge in [0.15, 0.2) is 6.10 Å². The van der Waals surface area contributed by atoms with E-state index < -0.39 is 12.1 Å². The van der Waals surface area contributed by atoms with Gasteiger partial charge in [0, 0.05) is 12.6 Å². The van der Waals surface area contributed by atoms with Gasteiger partial charge in [-0.1, -0.05) is 19.1 Å². The average Bonchev–Trinajstić information content (AvgIpc) is 3.31. The molecule has 0 fully saturated rings. The Morgan fingerprint density at radius 2 is 1.90 bits per heavy atom. The first-order chi connectivity index (χ1) is 13.9. The first-order valence-corrected chi connectivity index (χ1v) is 10.5. The highest BCUT2D eigenvalue weighted by Crippen LogP contribution is 2.29. The Bertz CT molecular complexity index is 988. The minimum Gasteiger partial charge on any atom is -0.497 e. The van der Waals surface area contributed by atoms with Crippen LogP contribution in [0, 0.1) is 0 Å². The summed E-state index contributed by atoms with van der Waals surface area (Å²) in [5.74, 6) is -0.0248. The van der Waals surface area contributed by atoms with E-state index in [4.69, 9.17) is 9.47 Å². The predicted molar refractivity (Wildman–Crippen MR) is 115 cm³/mol. The highest BCUT2D eigenvalue weighted by Gasteiger charge is 2.25. The number of hydrogen-bond donors (Lipinski definition) is 1. The highest BCUT2D eigenvalue weighted by molar-refractivity contribution is 7.17. The van der Waals surface area contributed by atoms with E-state index in [-0.39, 0.29) is 11.9 Å². The van der Waals surface area contributed by atoms with Crippen LogP contribution in [0.1, 0.15) is 49.3 Å². The van der Waals surface area contributed by atoms with Crippen LogP contribution in [0.5, 0.6) is 5.75 Å². The predicted octanol–water partition coefficient (Wildman–Crippen LogP) is 4.54. The Kier molecular flexibility index (Phi) is 6.59. The molecule has 0 saturated carbocycles. The molecule has 0 bridgehead atoms. The van der Waals surface area contributed by atoms with E-state index in [0.29, 0.717) is 18.7 Å². The lowest BCUT2D eigenvalue weighted by molar-refractivity contribution is -0.130. The van der Waals surface area contributed by atoms with Crippen molar-refractivity contribution in [2.75, 3.05) is 7.11 Å². The molecule has 2 heterocycles. The number of fused-ring (bicyclic) bond motifs is 1. The van der Waals surface area contributed by atoms with Gasteiger partial charge in [0.05, 0.1) is 17.3 Å². The fraction of sp³-hybridized carbons (Fsp3) is 0.364. The van der Waals surface area contributed by atoms with Gasteiger partial charge in [-0.2, -0.15) is 0 Å². The first-order valence-electron chi connectivity index (χ1n) is 9.64. The van der Waals surface area contributed by atoms with Gasteiger partial charge in [-0.15, -0.1) is 11.3 Å². The molecule has 1 atom stereocenters. The number of carbonyl (C=O) groups excluding carboxylic acids is 2. The number of aromatic nitrogens is 1. The number of hydrogen-bond acceptors (Lipinski definition) is 5. The van der Waals surface area contributed by atoms with Gasteiger partial charge in [0.1, 0.15) is 11.4 Å². The fourth-order valence-corrected chi connectivity index (χ4v) is 4.03. The van der Waals surface area contributed by atoms with Crippen molar-refractivity contribution < 1.29 is 19.1 Å². The third-order valence-corrected chi connectivity index (χ3v) is 5.58. The van der Waals surface area contributed by atoms with Gasteiger partial charge in [0.25, 0.3) is 5.91 Å². The molecule has 2 aromatic heterocycles. The molecule has 0 aliphatic heterocycles. The second kappa shape index (κ2) is 9.13. The average molecular weight is 415 g/mol. The zero-order valence-corrected chi connectivity index (χ0v) is 17.9. The van der Waals surface area contributed by atoms with Crippen molar-refractivity contribution in [1.82, 2.24) is 9.88 Å². The molecule has 0 aliphatic carbocycles. The van der Waals surface area contributed by atoms with Crippen molar-refractivity contribution in [3.05, 3.63) is 53.0 Å². The summed E-state index contributed by atoms with van der Waals surface area (Å²) < 4.78 is 13.7. The smallest absolute Gasteiger partial charge is 0.355 e. The first kappa shape index (κ1) is 20.9. The molecular weight excluding hydrogens is 388 g/mol. The lowest BCUT2D eigenvalue weighted by Crippen LogP contribution is -2.37. The monoisotopic (exact) mass is 414 g/mol. The second-order valence-corrected chi connectivity index (χ2v) is 7.98. The molecule has 154 valence electrons. The van der Waals surface area contributed by atoms with Crippen LogP contribution in [0.3, 0.4) is 0 Å². The van der Waals surface area contributed by atoms with Crippen LogP contribution in [-0.2, 0) is 16.1 Å². The molecule has 1 N–H and O–H groups in total. The number of nitrogens with one attached hydrogen (secondary N) is 1. The standard InChI is InChI=1S/C22H26N2O4S/c1-5-19(21(25)23-13-15-6-8-16(27-4)9-7-15)28-22(26)18-12-20-17(10-11-29-20)24(18)14(2)3/h6-12,14,19H,5,13H2,1-4H3,(H,23,25). The van der Waals surface area contributed by atoms with E-state index in [1.54, 1.807) is 18.4 Å². The van der Waals surface area contributed by atoms with Crippen molar-refractivity contribution >= 4 is 33.4 Å². The van der Waals surface area contributed by atoms with Crippen molar-refractivity contribution in [1.29, 1.82) is 0 Å². The van der Waals surface area contributed by atoms with Crippen LogP contribution in [0.2, 0.25) is 0 Å². The Hall–Kier alpha value is -2.80. The van der Waals surface area contributed by atoms with Crippen molar-refractivity contribution in [3.63, 3.8) is 0 Å². The maximum atomic E-state index is 12.8. The Balaban J connectivity index is 1.67. The summed E-state index contributed by atoms with van der Waals surface area (Å²) in [7, 11) is 1.61. The van der Waals surface area contributed by atoms with Crippen molar-refractivity contribution in [2.24, 2.45) is 0 Å². The molecule has 1 aromatic carbocycles. The summed E-state index contributed by atoms with van der Waals surface area (Å²) >= 11 is 1.58. The minimum atomic E-state index is -0.839. The number of esters is 1. The van der Waals surface area contributed by atoms with Crippen LogP contribution in [0.15, 0.2) is 41.8 Å². The minimum absolute atomic E-state index is 0.105. The van der Waals surface area contributed by atoms with E-state index in [0.717, 1.165) is 21.5 Å². The van der Waals surface area contributed by atoms with Crippen molar-refractivity contribution in [3.8, 4) is 5.75 Å². The molecule has 0 radical (unpaired) electrons. The van der Waals surface area contributed by atoms with Gasteiger partial charge in [0.2, 0.25) is 0 Å². The van der Waals surface area contributed by atoms with Crippen LogP contribution in [0.25, 0.3) is 10.2 Å². The molecule has 0 aliphatic rings. The number of carbonyl (C=O) groups is 2. The molecule has 1 amide bonds. The van der Waals surface area contributed by atoms with Crippen molar-refractivity contribution in [2.45, 2.75) is 45.9 Å². The Labute approximate surface area is 174 Å². The molecule has 1 unspecified atom stereocenters. The third-order valence-electron chi connectivity index (χ3n) is 4.72. The van der Waals surface area contributed by atoms with Gasteiger partial charge in [-0.3, -0.25) is 4.79 Å². The molecule has 7 heteroatoms. The van der Waals surface area contributed by atoms with Crippen LogP contribution in [-0.4, -0.2) is 29.7 Å². The quantitative estimate of drug-likeness (QED) is 0.549. The number of amides is 1. The highest BCUT2D eigenvalue weighted by atomic mass is 32.1. The number of methoxy groups -OCH3 is 1. The molecule has 6 nitrogen and oxygen atoms in total. The second-order valence-electron chi connectivity index (χ2n) is 7.03. The van der Waals surface area contributed by atoms with E-state index in [1.165, 1.54) is 0 Å². The number of rotatable bonds is 8. The summed E-state index contributed by atoms with van der Waals surface area (Å²) in [4.78, 5) is 25.4. The maximum Gasteiger partial charge on any atom is 0.355 e. The number of ether oxygens (including phenoxy) is 2. The van der Waals surface area contributed by atoms with Gasteiger partial charge < -0.3 is 19.4 Å². The van der Waals surface area contributed by atoms with Gasteiger partial charge in [-0.25, -0.2) is 4.79 Å². The molecule has 0 saturated heterocycles. The van der Waals surface area contributed by atoms with E-state index in [9.17, 15) is 9.59 Å². The lowest BCUT2D eigenvalue weighted by Gasteiger charge is -2.18. The van der Waals surface area contributed by atoms with Crippen LogP contribution >= 0.6 is 11.3 Å². The lowest BCUT2D eigenvalue weighted by atomic mass is 10.2. The molecule has 29 heavy (non-hydrogen) atoms. The zero-order valence-electron chi connectivity index (χ0n) is 17.1. The van der Waals surface area contributed by atoms with Gasteiger partial charge in [-0.05, 0) is 55.5 Å².